The molecule has 1 rings (SSSR count). The largest absolute Gasteiger partial charge is 0.308 e. The summed E-state index contributed by atoms with van der Waals surface area (Å²) in [7, 11) is 1.98. The molecule has 0 aliphatic rings. The lowest BCUT2D eigenvalue weighted by atomic mass is 10.2. The average molecular weight is 278 g/mol. The molecule has 0 amide bonds. The Labute approximate surface area is 97.8 Å². The molecule has 0 aromatic carbocycles. The van der Waals surface area contributed by atoms with Crippen molar-refractivity contribution in [3.05, 3.63) is 16.4 Å². The van der Waals surface area contributed by atoms with Crippen molar-refractivity contribution >= 4 is 27.7 Å². The summed E-state index contributed by atoms with van der Waals surface area (Å²) in [4.78, 5) is 0. The van der Waals surface area contributed by atoms with Gasteiger partial charge in [0.25, 0.3) is 0 Å². The highest BCUT2D eigenvalue weighted by Crippen LogP contribution is 2.24. The highest BCUT2D eigenvalue weighted by atomic mass is 79.9. The van der Waals surface area contributed by atoms with E-state index in [0.717, 1.165) is 16.8 Å². The molecule has 1 heterocycles. The lowest BCUT2D eigenvalue weighted by molar-refractivity contribution is 0.551. The number of hydrogen-bond donors (Lipinski definition) is 1. The van der Waals surface area contributed by atoms with Crippen LogP contribution in [0.5, 0.6) is 0 Å². The highest BCUT2D eigenvalue weighted by Gasteiger charge is 2.16. The fraction of sp³-hybridized carbons (Fsp3) is 0.667. The van der Waals surface area contributed by atoms with Crippen molar-refractivity contribution in [2.75, 3.05) is 18.6 Å². The summed E-state index contributed by atoms with van der Waals surface area (Å²) in [5, 5.41) is 7.68. The smallest absolute Gasteiger partial charge is 0.0700 e. The second kappa shape index (κ2) is 5.78. The van der Waals surface area contributed by atoms with Gasteiger partial charge >= 0.3 is 0 Å². The minimum atomic E-state index is 0.372. The van der Waals surface area contributed by atoms with Crippen LogP contribution in [0.3, 0.4) is 0 Å². The zero-order valence-corrected chi connectivity index (χ0v) is 11.2. The number of aryl methyl sites for hydroxylation is 1. The van der Waals surface area contributed by atoms with E-state index in [0.29, 0.717) is 6.04 Å². The number of halogens is 1. The van der Waals surface area contributed by atoms with E-state index in [-0.39, 0.29) is 0 Å². The summed E-state index contributed by atoms with van der Waals surface area (Å²) in [5.74, 6) is 1.06. The predicted octanol–water partition coefficient (Wildman–Crippen LogP) is 2.20. The van der Waals surface area contributed by atoms with Gasteiger partial charge in [0.2, 0.25) is 0 Å². The molecule has 1 aromatic rings. The lowest BCUT2D eigenvalue weighted by Gasteiger charge is -2.17. The molecule has 0 bridgehead atoms. The van der Waals surface area contributed by atoms with E-state index in [2.05, 4.69) is 39.5 Å². The maximum absolute atomic E-state index is 4.22. The Bertz CT molecular complexity index is 262. The number of nitrogens with zero attached hydrogens (tertiary/aromatic N) is 2. The SMILES string of the molecule is CCNC(CSC)c1c(Br)cnn1C. The molecule has 1 unspecified atom stereocenters. The van der Waals surface area contributed by atoms with Gasteiger partial charge in [0.05, 0.1) is 22.4 Å². The van der Waals surface area contributed by atoms with E-state index in [9.17, 15) is 0 Å². The molecule has 1 N–H and O–H groups in total. The molecule has 0 saturated heterocycles. The van der Waals surface area contributed by atoms with Crippen molar-refractivity contribution in [2.45, 2.75) is 13.0 Å². The molecule has 0 spiro atoms. The molecule has 0 fully saturated rings. The van der Waals surface area contributed by atoms with Gasteiger partial charge < -0.3 is 5.32 Å². The number of hydrogen-bond acceptors (Lipinski definition) is 3. The van der Waals surface area contributed by atoms with Crippen LogP contribution in [0.4, 0.5) is 0 Å². The van der Waals surface area contributed by atoms with E-state index in [1.54, 1.807) is 0 Å². The second-order valence-corrected chi connectivity index (χ2v) is 4.83. The van der Waals surface area contributed by atoms with Crippen LogP contribution in [0.1, 0.15) is 18.7 Å². The van der Waals surface area contributed by atoms with Crippen LogP contribution in [0.25, 0.3) is 0 Å². The molecule has 3 nitrogen and oxygen atoms in total. The molecular weight excluding hydrogens is 262 g/mol. The van der Waals surface area contributed by atoms with Crippen molar-refractivity contribution in [3.8, 4) is 0 Å². The molecule has 14 heavy (non-hydrogen) atoms. The van der Waals surface area contributed by atoms with Crippen LogP contribution in [0, 0.1) is 0 Å². The molecule has 0 saturated carbocycles. The van der Waals surface area contributed by atoms with Crippen molar-refractivity contribution in [3.63, 3.8) is 0 Å². The standard InChI is InChI=1S/C9H16BrN3S/c1-4-11-8(6-14-3)9-7(10)5-12-13(9)2/h5,8,11H,4,6H2,1-3H3. The van der Waals surface area contributed by atoms with Gasteiger partial charge in [-0.15, -0.1) is 0 Å². The summed E-state index contributed by atoms with van der Waals surface area (Å²) in [6, 6.07) is 0.372. The van der Waals surface area contributed by atoms with Gasteiger partial charge in [0.15, 0.2) is 0 Å². The van der Waals surface area contributed by atoms with Crippen LogP contribution in [0.2, 0.25) is 0 Å². The maximum atomic E-state index is 4.22. The molecule has 5 heteroatoms. The molecule has 0 aliphatic heterocycles. The summed E-state index contributed by atoms with van der Waals surface area (Å²) < 4.78 is 3.01. The Morgan fingerprint density at radius 3 is 2.86 bits per heavy atom. The third-order valence-corrected chi connectivity index (χ3v) is 3.33. The summed E-state index contributed by atoms with van der Waals surface area (Å²) >= 11 is 5.37. The molecule has 1 atom stereocenters. The predicted molar refractivity (Wildman–Crippen MR) is 65.7 cm³/mol. The number of nitrogens with one attached hydrogen (secondary N) is 1. The quantitative estimate of drug-likeness (QED) is 0.895. The van der Waals surface area contributed by atoms with Crippen LogP contribution < -0.4 is 5.32 Å². The first-order valence-electron chi connectivity index (χ1n) is 4.60. The van der Waals surface area contributed by atoms with Crippen molar-refractivity contribution in [1.82, 2.24) is 15.1 Å². The fourth-order valence-corrected chi connectivity index (χ4v) is 2.69. The van der Waals surface area contributed by atoms with E-state index >= 15 is 0 Å². The Kier molecular flexibility index (Phi) is 4.98. The van der Waals surface area contributed by atoms with Crippen LogP contribution in [-0.4, -0.2) is 28.3 Å². The van der Waals surface area contributed by atoms with E-state index in [1.807, 2.05) is 29.7 Å². The minimum Gasteiger partial charge on any atom is -0.308 e. The van der Waals surface area contributed by atoms with E-state index in [1.165, 1.54) is 5.69 Å². The average Bonchev–Trinajstić information content (AvgIpc) is 2.46. The van der Waals surface area contributed by atoms with E-state index in [4.69, 9.17) is 0 Å². The van der Waals surface area contributed by atoms with Crippen LogP contribution in [-0.2, 0) is 7.05 Å². The van der Waals surface area contributed by atoms with Crippen LogP contribution >= 0.6 is 27.7 Å². The Morgan fingerprint density at radius 2 is 2.43 bits per heavy atom. The van der Waals surface area contributed by atoms with Gasteiger partial charge in [-0.2, -0.15) is 16.9 Å². The summed E-state index contributed by atoms with van der Waals surface area (Å²) in [5.41, 5.74) is 1.22. The monoisotopic (exact) mass is 277 g/mol. The Balaban J connectivity index is 2.85. The number of aromatic nitrogens is 2. The zero-order valence-electron chi connectivity index (χ0n) is 8.75. The van der Waals surface area contributed by atoms with Crippen molar-refractivity contribution in [2.24, 2.45) is 7.05 Å². The first kappa shape index (κ1) is 12.1. The first-order chi connectivity index (χ1) is 6.70. The minimum absolute atomic E-state index is 0.372. The molecule has 80 valence electrons. The molecule has 0 aliphatic carbocycles. The molecule has 1 aromatic heterocycles. The summed E-state index contributed by atoms with van der Waals surface area (Å²) in [6.45, 7) is 3.10. The number of rotatable bonds is 5. The Morgan fingerprint density at radius 1 is 1.71 bits per heavy atom. The molecular formula is C9H16BrN3S. The zero-order chi connectivity index (χ0) is 10.6. The third-order valence-electron chi connectivity index (χ3n) is 2.05. The third kappa shape index (κ3) is 2.74. The fourth-order valence-electron chi connectivity index (χ4n) is 1.46. The lowest BCUT2D eigenvalue weighted by Crippen LogP contribution is -2.25. The second-order valence-electron chi connectivity index (χ2n) is 3.07. The van der Waals surface area contributed by atoms with Crippen LogP contribution in [0.15, 0.2) is 10.7 Å². The maximum Gasteiger partial charge on any atom is 0.0700 e. The molecule has 0 radical (unpaired) electrons. The first-order valence-corrected chi connectivity index (χ1v) is 6.79. The van der Waals surface area contributed by atoms with Gasteiger partial charge in [-0.3, -0.25) is 4.68 Å². The van der Waals surface area contributed by atoms with Gasteiger partial charge in [-0.1, -0.05) is 6.92 Å². The normalized spacial score (nSPS) is 13.1. The van der Waals surface area contributed by atoms with E-state index < -0.39 is 0 Å². The summed E-state index contributed by atoms with van der Waals surface area (Å²) in [6.07, 6.45) is 3.97. The highest BCUT2D eigenvalue weighted by molar-refractivity contribution is 9.10. The number of thioether (sulfide) groups is 1. The Hall–Kier alpha value is 0. The van der Waals surface area contributed by atoms with Gasteiger partial charge in [-0.25, -0.2) is 0 Å². The van der Waals surface area contributed by atoms with Crippen molar-refractivity contribution < 1.29 is 0 Å². The van der Waals surface area contributed by atoms with Gasteiger partial charge in [0.1, 0.15) is 0 Å². The van der Waals surface area contributed by atoms with Crippen molar-refractivity contribution in [1.29, 1.82) is 0 Å². The van der Waals surface area contributed by atoms with Gasteiger partial charge in [0, 0.05) is 12.8 Å². The topological polar surface area (TPSA) is 29.9 Å². The van der Waals surface area contributed by atoms with Gasteiger partial charge in [-0.05, 0) is 28.7 Å².